The van der Waals surface area contributed by atoms with E-state index in [-0.39, 0.29) is 5.57 Å². The van der Waals surface area contributed by atoms with Crippen LogP contribution in [0.15, 0.2) is 12.2 Å². The molecule has 1 heterocycles. The summed E-state index contributed by atoms with van der Waals surface area (Å²) in [6, 6.07) is 0. The van der Waals surface area contributed by atoms with Crippen LogP contribution in [0.2, 0.25) is 0 Å². The zero-order chi connectivity index (χ0) is 19.8. The van der Waals surface area contributed by atoms with Crippen LogP contribution in [-0.4, -0.2) is 53.6 Å². The predicted molar refractivity (Wildman–Crippen MR) is 72.1 cm³/mol. The molecule has 1 aliphatic heterocycles. The molecule has 0 saturated carbocycles. The highest BCUT2D eigenvalue weighted by atomic mass is 19.4. The highest BCUT2D eigenvalue weighted by molar-refractivity contribution is 5.84. The molecule has 0 atom stereocenters. The third-order valence-corrected chi connectivity index (χ3v) is 3.04. The van der Waals surface area contributed by atoms with Crippen LogP contribution in [0.1, 0.15) is 27.2 Å². The lowest BCUT2D eigenvalue weighted by Gasteiger charge is -2.43. The van der Waals surface area contributed by atoms with Gasteiger partial charge in [-0.3, -0.25) is 14.5 Å². The summed E-state index contributed by atoms with van der Waals surface area (Å²) >= 11 is 0. The molecule has 1 saturated heterocycles. The molecule has 0 spiro atoms. The first kappa shape index (κ1) is 21.3. The van der Waals surface area contributed by atoms with E-state index in [2.05, 4.69) is 11.3 Å². The number of carbonyl (C=O) groups is 2. The molecule has 0 aromatic heterocycles. The second kappa shape index (κ2) is 6.50. The number of halogens is 6. The van der Waals surface area contributed by atoms with Crippen LogP contribution in [0, 0.1) is 0 Å². The summed E-state index contributed by atoms with van der Waals surface area (Å²) < 4.78 is 89.2. The Morgan fingerprint density at radius 1 is 1.20 bits per heavy atom. The Morgan fingerprint density at radius 3 is 2.08 bits per heavy atom. The molecule has 5 nitrogen and oxygen atoms in total. The van der Waals surface area contributed by atoms with Crippen LogP contribution in [0.25, 0.3) is 0 Å². The highest BCUT2D eigenvalue weighted by Gasteiger charge is 2.77. The molecule has 0 unspecified atom stereocenters. The molecule has 1 fully saturated rings. The smallest absolute Gasteiger partial charge is 0.446 e. The van der Waals surface area contributed by atoms with E-state index in [0.29, 0.717) is 0 Å². The first-order chi connectivity index (χ1) is 11.0. The minimum Gasteiger partial charge on any atom is -0.459 e. The van der Waals surface area contributed by atoms with Crippen LogP contribution in [0.5, 0.6) is 0 Å². The van der Waals surface area contributed by atoms with Gasteiger partial charge in [-0.1, -0.05) is 6.58 Å². The average Bonchev–Trinajstić information content (AvgIpc) is 2.43. The largest absolute Gasteiger partial charge is 0.459 e. The van der Waals surface area contributed by atoms with Crippen molar-refractivity contribution in [3.8, 4) is 0 Å². The lowest BCUT2D eigenvalue weighted by atomic mass is 10.1. The van der Waals surface area contributed by atoms with Gasteiger partial charge in [0.05, 0.1) is 6.61 Å². The molecule has 0 bridgehead atoms. The van der Waals surface area contributed by atoms with Gasteiger partial charge in [0.15, 0.2) is 0 Å². The third-order valence-electron chi connectivity index (χ3n) is 3.04. The molecule has 0 radical (unpaired) electrons. The maximum atomic E-state index is 13.4. The second-order valence-corrected chi connectivity index (χ2v) is 6.42. The van der Waals surface area contributed by atoms with E-state index in [9.17, 15) is 35.9 Å². The van der Waals surface area contributed by atoms with Crippen LogP contribution in [-0.2, 0) is 19.1 Å². The third kappa shape index (κ3) is 4.44. The molecule has 0 aromatic rings. The van der Waals surface area contributed by atoms with E-state index in [1.54, 1.807) is 0 Å². The second-order valence-electron chi connectivity index (χ2n) is 6.42. The number of hydrogen-bond donors (Lipinski definition) is 0. The van der Waals surface area contributed by atoms with E-state index in [1.807, 2.05) is 0 Å². The van der Waals surface area contributed by atoms with Crippen LogP contribution in [0.3, 0.4) is 0 Å². The Bertz CT molecular complexity index is 547. The fraction of sp³-hybridized carbons (Fsp3) is 0.714. The van der Waals surface area contributed by atoms with Gasteiger partial charge >= 0.3 is 24.0 Å². The van der Waals surface area contributed by atoms with E-state index >= 15 is 0 Å². The van der Waals surface area contributed by atoms with Crippen LogP contribution < -0.4 is 0 Å². The lowest BCUT2D eigenvalue weighted by Crippen LogP contribution is -2.70. The topological polar surface area (TPSA) is 55.8 Å². The molecule has 0 N–H and O–H groups in total. The van der Waals surface area contributed by atoms with Gasteiger partial charge in [-0.25, -0.2) is 0 Å². The Balaban J connectivity index is 3.43. The maximum absolute atomic E-state index is 13.4. The summed E-state index contributed by atoms with van der Waals surface area (Å²) in [6.45, 7) is 4.59. The number of hydrogen-bond acceptors (Lipinski definition) is 4. The predicted octanol–water partition coefficient (Wildman–Crippen LogP) is 2.95. The SMILES string of the molecule is C=C1COC(C(F)(F)F)(C(F)(F)F)N(CC(=O)OC(C)(C)C)C(=O)C1. The number of amides is 1. The number of esters is 1. The summed E-state index contributed by atoms with van der Waals surface area (Å²) in [4.78, 5) is 23.1. The lowest BCUT2D eigenvalue weighted by molar-refractivity contribution is -0.417. The van der Waals surface area contributed by atoms with Gasteiger partial charge in [-0.2, -0.15) is 26.3 Å². The Labute approximate surface area is 139 Å². The van der Waals surface area contributed by atoms with Gasteiger partial charge in [0.25, 0.3) is 0 Å². The quantitative estimate of drug-likeness (QED) is 0.422. The van der Waals surface area contributed by atoms with Gasteiger partial charge in [0.1, 0.15) is 12.1 Å². The monoisotopic (exact) mass is 377 g/mol. The normalized spacial score (nSPS) is 19.6. The van der Waals surface area contributed by atoms with E-state index in [4.69, 9.17) is 4.74 Å². The van der Waals surface area contributed by atoms with Crippen molar-refractivity contribution in [2.24, 2.45) is 0 Å². The number of ether oxygens (including phenoxy) is 2. The fourth-order valence-electron chi connectivity index (χ4n) is 2.15. The van der Waals surface area contributed by atoms with Crippen molar-refractivity contribution in [1.29, 1.82) is 0 Å². The summed E-state index contributed by atoms with van der Waals surface area (Å²) in [7, 11) is 0. The minimum absolute atomic E-state index is 0.283. The Hall–Kier alpha value is -1.78. The van der Waals surface area contributed by atoms with Crippen molar-refractivity contribution in [3.05, 3.63) is 12.2 Å². The molecular formula is C14H17F6NO4. The maximum Gasteiger partial charge on any atom is 0.446 e. The number of nitrogens with zero attached hydrogens (tertiary/aromatic N) is 1. The zero-order valence-corrected chi connectivity index (χ0v) is 13.7. The zero-order valence-electron chi connectivity index (χ0n) is 13.7. The molecule has 144 valence electrons. The molecule has 1 amide bonds. The van der Waals surface area contributed by atoms with Crippen molar-refractivity contribution < 1.29 is 45.4 Å². The van der Waals surface area contributed by atoms with Gasteiger partial charge in [0, 0.05) is 6.42 Å². The Morgan fingerprint density at radius 2 is 1.68 bits per heavy atom. The fourth-order valence-corrected chi connectivity index (χ4v) is 2.15. The van der Waals surface area contributed by atoms with Gasteiger partial charge in [-0.05, 0) is 26.3 Å². The molecular weight excluding hydrogens is 360 g/mol. The molecule has 11 heteroatoms. The molecule has 1 rings (SSSR count). The first-order valence-electron chi connectivity index (χ1n) is 6.97. The summed E-state index contributed by atoms with van der Waals surface area (Å²) in [5.74, 6) is -3.03. The van der Waals surface area contributed by atoms with E-state index in [0.717, 1.165) is 0 Å². The summed E-state index contributed by atoms with van der Waals surface area (Å²) in [5, 5.41) is 0. The molecule has 0 aliphatic carbocycles. The van der Waals surface area contributed by atoms with E-state index in [1.165, 1.54) is 20.8 Å². The van der Waals surface area contributed by atoms with Crippen molar-refractivity contribution >= 4 is 11.9 Å². The molecule has 25 heavy (non-hydrogen) atoms. The van der Waals surface area contributed by atoms with Crippen molar-refractivity contribution in [2.45, 2.75) is 50.9 Å². The number of rotatable bonds is 2. The summed E-state index contributed by atoms with van der Waals surface area (Å²) in [6.07, 6.45) is -12.9. The van der Waals surface area contributed by atoms with Crippen molar-refractivity contribution in [2.75, 3.05) is 13.2 Å². The minimum atomic E-state index is -6.05. The van der Waals surface area contributed by atoms with E-state index < -0.39 is 60.0 Å². The van der Waals surface area contributed by atoms with Crippen LogP contribution >= 0.6 is 0 Å². The van der Waals surface area contributed by atoms with Crippen molar-refractivity contribution in [3.63, 3.8) is 0 Å². The highest BCUT2D eigenvalue weighted by Crippen LogP contribution is 2.49. The van der Waals surface area contributed by atoms with Crippen LogP contribution in [0.4, 0.5) is 26.3 Å². The summed E-state index contributed by atoms with van der Waals surface area (Å²) in [5.41, 5.74) is -6.42. The first-order valence-corrected chi connectivity index (χ1v) is 6.97. The van der Waals surface area contributed by atoms with Gasteiger partial charge in [-0.15, -0.1) is 0 Å². The molecule has 1 aliphatic rings. The number of carbonyl (C=O) groups excluding carboxylic acids is 2. The number of alkyl halides is 6. The average molecular weight is 377 g/mol. The molecule has 0 aromatic carbocycles. The van der Waals surface area contributed by atoms with Gasteiger partial charge < -0.3 is 9.47 Å². The van der Waals surface area contributed by atoms with Crippen molar-refractivity contribution in [1.82, 2.24) is 4.90 Å². The Kier molecular flexibility index (Phi) is 5.53. The van der Waals surface area contributed by atoms with Gasteiger partial charge in [0.2, 0.25) is 5.91 Å². The standard InChI is InChI=1S/C14H17F6NO4/c1-8-5-9(22)21(6-10(23)25-11(2,3)4)12(24-7-8,13(15,16)17)14(18,19)20/h1,5-7H2,2-4H3.